The molecular weight excluding hydrogens is 420 g/mol. The second-order valence-electron chi connectivity index (χ2n) is 9.42. The van der Waals surface area contributed by atoms with Gasteiger partial charge in [0.1, 0.15) is 5.75 Å². The zero-order valence-corrected chi connectivity index (χ0v) is 19.4. The molecule has 2 aliphatic rings. The predicted molar refractivity (Wildman–Crippen MR) is 128 cm³/mol. The van der Waals surface area contributed by atoms with E-state index in [2.05, 4.69) is 4.99 Å². The molecule has 0 amide bonds. The second kappa shape index (κ2) is 8.53. The Balaban J connectivity index is 1.71. The summed E-state index contributed by atoms with van der Waals surface area (Å²) in [4.78, 5) is 38.1. The molecule has 9 nitrogen and oxygen atoms in total. The Morgan fingerprint density at radius 1 is 1.03 bits per heavy atom. The van der Waals surface area contributed by atoms with Gasteiger partial charge in [-0.2, -0.15) is 4.98 Å². The van der Waals surface area contributed by atoms with E-state index in [9.17, 15) is 9.59 Å². The van der Waals surface area contributed by atoms with Crippen LogP contribution in [0.2, 0.25) is 0 Å². The first-order chi connectivity index (χ1) is 15.9. The minimum atomic E-state index is -0.277. The highest BCUT2D eigenvalue weighted by molar-refractivity contribution is 5.75. The van der Waals surface area contributed by atoms with Crippen LogP contribution in [0, 0.1) is 11.8 Å². The molecule has 0 bridgehead atoms. The Kier molecular flexibility index (Phi) is 5.55. The van der Waals surface area contributed by atoms with E-state index in [0.717, 1.165) is 37.0 Å². The molecule has 3 aromatic rings. The lowest BCUT2D eigenvalue weighted by molar-refractivity contribution is 0.414. The zero-order chi connectivity index (χ0) is 23.1. The number of imidazole rings is 1. The van der Waals surface area contributed by atoms with Crippen LogP contribution in [0.4, 0.5) is 5.95 Å². The molecule has 0 unspecified atom stereocenters. The quantitative estimate of drug-likeness (QED) is 0.369. The Labute approximate surface area is 191 Å². The van der Waals surface area contributed by atoms with Gasteiger partial charge in [-0.15, -0.1) is 0 Å². The number of ether oxygens (including phenoxy) is 1. The van der Waals surface area contributed by atoms with Gasteiger partial charge in [-0.05, 0) is 55.2 Å². The number of fused-ring (bicyclic) bond motifs is 1. The molecule has 2 aromatic heterocycles. The normalized spacial score (nSPS) is 16.1. The standard InChI is InChI=1S/C24H30N6O3/c1-27(2)15-25-23-26-21-20(28(23)12-18-8-10-19(33-3)11-9-18)22(31)30(14-17-6-7-17)24(32)29(21)13-16-4-5-16/h8-11,15-17H,4-7,12-14H2,1-3H3/b25-15+. The van der Waals surface area contributed by atoms with Crippen LogP contribution in [-0.4, -0.2) is 51.1 Å². The zero-order valence-electron chi connectivity index (χ0n) is 19.4. The maximum atomic E-state index is 13.6. The summed E-state index contributed by atoms with van der Waals surface area (Å²) in [6.07, 6.45) is 6.01. The summed E-state index contributed by atoms with van der Waals surface area (Å²) in [6, 6.07) is 7.72. The fourth-order valence-corrected chi connectivity index (χ4v) is 4.05. The minimum absolute atomic E-state index is 0.247. The van der Waals surface area contributed by atoms with E-state index in [4.69, 9.17) is 9.72 Å². The average molecular weight is 451 g/mol. The molecule has 0 radical (unpaired) electrons. The largest absolute Gasteiger partial charge is 0.497 e. The summed E-state index contributed by atoms with van der Waals surface area (Å²) in [7, 11) is 5.39. The minimum Gasteiger partial charge on any atom is -0.497 e. The number of methoxy groups -OCH3 is 1. The third kappa shape index (κ3) is 4.44. The van der Waals surface area contributed by atoms with Gasteiger partial charge < -0.3 is 9.64 Å². The predicted octanol–water partition coefficient (Wildman–Crippen LogP) is 2.46. The highest BCUT2D eigenvalue weighted by Crippen LogP contribution is 2.32. The first kappa shape index (κ1) is 21.5. The lowest BCUT2D eigenvalue weighted by Gasteiger charge is -2.12. The van der Waals surface area contributed by atoms with Crippen LogP contribution in [0.1, 0.15) is 31.2 Å². The van der Waals surface area contributed by atoms with Crippen molar-refractivity contribution in [2.75, 3.05) is 21.2 Å². The van der Waals surface area contributed by atoms with Crippen molar-refractivity contribution in [1.82, 2.24) is 23.6 Å². The smallest absolute Gasteiger partial charge is 0.332 e. The molecule has 0 spiro atoms. The molecule has 33 heavy (non-hydrogen) atoms. The first-order valence-corrected chi connectivity index (χ1v) is 11.5. The van der Waals surface area contributed by atoms with Crippen molar-refractivity contribution in [2.45, 2.75) is 45.3 Å². The summed E-state index contributed by atoms with van der Waals surface area (Å²) >= 11 is 0. The van der Waals surface area contributed by atoms with E-state index in [1.54, 1.807) is 18.0 Å². The Morgan fingerprint density at radius 3 is 2.24 bits per heavy atom. The maximum absolute atomic E-state index is 13.6. The number of hydrogen-bond donors (Lipinski definition) is 0. The highest BCUT2D eigenvalue weighted by Gasteiger charge is 2.29. The van der Waals surface area contributed by atoms with Crippen LogP contribution in [0.25, 0.3) is 11.2 Å². The molecule has 0 saturated heterocycles. The topological polar surface area (TPSA) is 86.7 Å². The number of rotatable bonds is 9. The molecule has 0 atom stereocenters. The number of aromatic nitrogens is 4. The van der Waals surface area contributed by atoms with Gasteiger partial charge in [-0.1, -0.05) is 12.1 Å². The molecular formula is C24H30N6O3. The van der Waals surface area contributed by atoms with Crippen LogP contribution in [0.5, 0.6) is 5.75 Å². The molecule has 0 aliphatic heterocycles. The molecule has 2 saturated carbocycles. The molecule has 1 aromatic carbocycles. The van der Waals surface area contributed by atoms with E-state index in [0.29, 0.717) is 48.6 Å². The van der Waals surface area contributed by atoms with Crippen molar-refractivity contribution in [3.05, 3.63) is 50.7 Å². The third-order valence-corrected chi connectivity index (χ3v) is 6.27. The number of aliphatic imine (C=N–C) groups is 1. The highest BCUT2D eigenvalue weighted by atomic mass is 16.5. The van der Waals surface area contributed by atoms with Gasteiger partial charge in [-0.25, -0.2) is 9.79 Å². The van der Waals surface area contributed by atoms with E-state index >= 15 is 0 Å². The summed E-state index contributed by atoms with van der Waals surface area (Å²) in [5.74, 6) is 2.06. The molecule has 0 N–H and O–H groups in total. The Morgan fingerprint density at radius 2 is 1.67 bits per heavy atom. The summed E-state index contributed by atoms with van der Waals surface area (Å²) in [5.41, 5.74) is 1.34. The van der Waals surface area contributed by atoms with Crippen LogP contribution < -0.4 is 16.0 Å². The number of hydrogen-bond acceptors (Lipinski definition) is 5. The maximum Gasteiger partial charge on any atom is 0.332 e. The fraction of sp³-hybridized carbons (Fsp3) is 0.500. The second-order valence-corrected chi connectivity index (χ2v) is 9.42. The van der Waals surface area contributed by atoms with Crippen molar-refractivity contribution in [2.24, 2.45) is 16.8 Å². The van der Waals surface area contributed by atoms with Crippen molar-refractivity contribution < 1.29 is 4.74 Å². The monoisotopic (exact) mass is 450 g/mol. The van der Waals surface area contributed by atoms with Gasteiger partial charge in [-0.3, -0.25) is 18.5 Å². The van der Waals surface area contributed by atoms with Crippen molar-refractivity contribution in [1.29, 1.82) is 0 Å². The fourth-order valence-electron chi connectivity index (χ4n) is 4.05. The van der Waals surface area contributed by atoms with Crippen LogP contribution in [0.15, 0.2) is 38.8 Å². The summed E-state index contributed by atoms with van der Waals surface area (Å²) < 4.78 is 10.2. The lowest BCUT2D eigenvalue weighted by Crippen LogP contribution is -2.41. The van der Waals surface area contributed by atoms with Crippen molar-refractivity contribution in [3.63, 3.8) is 0 Å². The van der Waals surface area contributed by atoms with Crippen molar-refractivity contribution in [3.8, 4) is 5.75 Å². The van der Waals surface area contributed by atoms with Gasteiger partial charge in [0.25, 0.3) is 5.56 Å². The van der Waals surface area contributed by atoms with Gasteiger partial charge in [0.2, 0.25) is 5.95 Å². The number of nitrogens with zero attached hydrogens (tertiary/aromatic N) is 6. The SMILES string of the molecule is COc1ccc(Cn2c(/N=C/N(C)C)nc3c2c(=O)n(CC2CC2)c(=O)n3CC2CC2)cc1. The molecule has 174 valence electrons. The first-order valence-electron chi connectivity index (χ1n) is 11.5. The molecule has 9 heteroatoms. The molecule has 2 heterocycles. The van der Waals surface area contributed by atoms with Gasteiger partial charge >= 0.3 is 5.69 Å². The summed E-state index contributed by atoms with van der Waals surface area (Å²) in [6.45, 7) is 1.49. The Hall–Kier alpha value is -3.36. The van der Waals surface area contributed by atoms with Gasteiger partial charge in [0.15, 0.2) is 11.2 Å². The summed E-state index contributed by atoms with van der Waals surface area (Å²) in [5, 5.41) is 0. The molecule has 2 fully saturated rings. The van der Waals surface area contributed by atoms with Crippen molar-refractivity contribution >= 4 is 23.5 Å². The number of benzene rings is 1. The van der Waals surface area contributed by atoms with E-state index in [-0.39, 0.29) is 11.2 Å². The van der Waals surface area contributed by atoms with Crippen LogP contribution in [-0.2, 0) is 19.6 Å². The third-order valence-electron chi connectivity index (χ3n) is 6.27. The Bertz CT molecular complexity index is 1310. The van der Waals surface area contributed by atoms with E-state index in [1.807, 2.05) is 47.8 Å². The van der Waals surface area contributed by atoms with Crippen LogP contribution in [0.3, 0.4) is 0 Å². The van der Waals surface area contributed by atoms with Crippen LogP contribution >= 0.6 is 0 Å². The van der Waals surface area contributed by atoms with Gasteiger partial charge in [0.05, 0.1) is 20.0 Å². The lowest BCUT2D eigenvalue weighted by atomic mass is 10.2. The molecule has 2 aliphatic carbocycles. The average Bonchev–Trinajstić information content (AvgIpc) is 3.73. The molecule has 5 rings (SSSR count). The van der Waals surface area contributed by atoms with E-state index in [1.165, 1.54) is 4.57 Å². The van der Waals surface area contributed by atoms with Gasteiger partial charge in [0, 0.05) is 27.2 Å². The van der Waals surface area contributed by atoms with E-state index < -0.39 is 0 Å².